The largest absolute Gasteiger partial charge is 0.490 e. The quantitative estimate of drug-likeness (QED) is 0.580. The monoisotopic (exact) mass is 409 g/mol. The van der Waals surface area contributed by atoms with Crippen LogP contribution in [0.1, 0.15) is 44.7 Å². The zero-order valence-electron chi connectivity index (χ0n) is 17.0. The number of aryl methyl sites for hydroxylation is 2. The molecule has 2 aromatic heterocycles. The topological polar surface area (TPSA) is 103 Å². The van der Waals surface area contributed by atoms with Gasteiger partial charge in [-0.1, -0.05) is 0 Å². The van der Waals surface area contributed by atoms with Crippen molar-refractivity contribution in [3.05, 3.63) is 77.0 Å². The lowest BCUT2D eigenvalue weighted by atomic mass is 10.2. The molecule has 3 aromatic rings. The summed E-state index contributed by atoms with van der Waals surface area (Å²) in [6.45, 7) is 6.02. The molecule has 8 heteroatoms. The number of hydrogen-bond donors (Lipinski definition) is 2. The molecule has 2 amide bonds. The average Bonchev–Trinajstić information content (AvgIpc) is 3.09. The molecule has 0 spiro atoms. The summed E-state index contributed by atoms with van der Waals surface area (Å²) < 4.78 is 16.8. The van der Waals surface area contributed by atoms with E-state index in [9.17, 15) is 9.59 Å². The van der Waals surface area contributed by atoms with Gasteiger partial charge in [-0.15, -0.1) is 0 Å². The molecule has 0 atom stereocenters. The second-order valence-electron chi connectivity index (χ2n) is 6.47. The Morgan fingerprint density at radius 1 is 0.967 bits per heavy atom. The maximum Gasteiger partial charge on any atom is 0.273 e. The second-order valence-corrected chi connectivity index (χ2v) is 6.47. The van der Waals surface area contributed by atoms with Crippen molar-refractivity contribution >= 4 is 11.8 Å². The van der Waals surface area contributed by atoms with E-state index in [1.54, 1.807) is 50.5 Å². The van der Waals surface area contributed by atoms with Crippen LogP contribution in [0.25, 0.3) is 0 Å². The highest BCUT2D eigenvalue weighted by Crippen LogP contribution is 2.29. The number of aromatic nitrogens is 1. The van der Waals surface area contributed by atoms with Crippen molar-refractivity contribution in [2.75, 3.05) is 6.61 Å². The van der Waals surface area contributed by atoms with Crippen LogP contribution in [-0.4, -0.2) is 23.4 Å². The maximum absolute atomic E-state index is 12.5. The van der Waals surface area contributed by atoms with Crippen LogP contribution in [0.4, 0.5) is 0 Å². The fourth-order valence-electron chi connectivity index (χ4n) is 2.79. The van der Waals surface area contributed by atoms with Gasteiger partial charge >= 0.3 is 0 Å². The highest BCUT2D eigenvalue weighted by atomic mass is 16.5. The molecule has 0 aliphatic heterocycles. The Kier molecular flexibility index (Phi) is 6.69. The molecule has 8 nitrogen and oxygen atoms in total. The van der Waals surface area contributed by atoms with Crippen LogP contribution in [0.2, 0.25) is 0 Å². The van der Waals surface area contributed by atoms with Crippen LogP contribution in [0, 0.1) is 13.8 Å². The van der Waals surface area contributed by atoms with Gasteiger partial charge in [-0.2, -0.15) is 0 Å². The number of nitrogens with zero attached hydrogens (tertiary/aromatic N) is 1. The average molecular weight is 409 g/mol. The van der Waals surface area contributed by atoms with E-state index >= 15 is 0 Å². The van der Waals surface area contributed by atoms with Gasteiger partial charge in [0.05, 0.1) is 12.2 Å². The molecular weight excluding hydrogens is 386 g/mol. The molecule has 1 aromatic carbocycles. The number of carbonyl (C=O) groups is 2. The lowest BCUT2D eigenvalue weighted by molar-refractivity contribution is 0.0845. The van der Waals surface area contributed by atoms with Gasteiger partial charge in [0, 0.05) is 18.0 Å². The number of pyridine rings is 1. The summed E-state index contributed by atoms with van der Waals surface area (Å²) in [6.07, 6.45) is 3.38. The molecule has 0 unspecified atom stereocenters. The first-order valence-electron chi connectivity index (χ1n) is 9.44. The Bertz CT molecular complexity index is 1030. The van der Waals surface area contributed by atoms with E-state index in [1.807, 2.05) is 19.1 Å². The molecule has 0 radical (unpaired) electrons. The molecule has 0 bridgehead atoms. The molecular formula is C22H23N3O5. The van der Waals surface area contributed by atoms with E-state index in [-0.39, 0.29) is 0 Å². The molecule has 2 heterocycles. The number of furan rings is 1. The van der Waals surface area contributed by atoms with Gasteiger partial charge in [0.2, 0.25) is 0 Å². The van der Waals surface area contributed by atoms with Gasteiger partial charge in [0.15, 0.2) is 11.5 Å². The van der Waals surface area contributed by atoms with Crippen molar-refractivity contribution in [3.8, 4) is 11.5 Å². The van der Waals surface area contributed by atoms with Gasteiger partial charge < -0.3 is 13.9 Å². The summed E-state index contributed by atoms with van der Waals surface area (Å²) in [5.74, 6) is 1.11. The van der Waals surface area contributed by atoms with Gasteiger partial charge in [-0.25, -0.2) is 0 Å². The predicted octanol–water partition coefficient (Wildman–Crippen LogP) is 3.34. The van der Waals surface area contributed by atoms with Gasteiger partial charge in [-0.3, -0.25) is 25.4 Å². The Labute approximate surface area is 174 Å². The highest BCUT2D eigenvalue weighted by Gasteiger charge is 2.16. The van der Waals surface area contributed by atoms with Crippen LogP contribution in [0.5, 0.6) is 11.5 Å². The van der Waals surface area contributed by atoms with Crippen LogP contribution >= 0.6 is 0 Å². The summed E-state index contributed by atoms with van der Waals surface area (Å²) in [5, 5.41) is 0. The number of ether oxygens (including phenoxy) is 2. The fourth-order valence-corrected chi connectivity index (χ4v) is 2.79. The third kappa shape index (κ3) is 5.16. The smallest absolute Gasteiger partial charge is 0.273 e. The molecule has 30 heavy (non-hydrogen) atoms. The van der Waals surface area contributed by atoms with Crippen molar-refractivity contribution in [2.45, 2.75) is 27.4 Å². The van der Waals surface area contributed by atoms with Crippen molar-refractivity contribution in [1.29, 1.82) is 0 Å². The van der Waals surface area contributed by atoms with Crippen LogP contribution in [0.3, 0.4) is 0 Å². The zero-order valence-corrected chi connectivity index (χ0v) is 17.0. The minimum atomic E-state index is -0.483. The molecule has 0 fully saturated rings. The normalized spacial score (nSPS) is 10.4. The molecule has 0 saturated carbocycles. The minimum absolute atomic E-state index is 0.315. The SMILES string of the molecule is CCOc1cc(C(=O)NNC(=O)c2cc(C)oc2C)ccc1OCc1ccncc1. The van der Waals surface area contributed by atoms with E-state index < -0.39 is 11.8 Å². The maximum atomic E-state index is 12.5. The van der Waals surface area contributed by atoms with Crippen LogP contribution in [0.15, 0.2) is 53.2 Å². The first-order chi connectivity index (χ1) is 14.5. The van der Waals surface area contributed by atoms with Crippen molar-refractivity contribution in [1.82, 2.24) is 15.8 Å². The summed E-state index contributed by atoms with van der Waals surface area (Å²) in [6, 6.07) is 10.1. The molecule has 156 valence electrons. The van der Waals surface area contributed by atoms with Gasteiger partial charge in [0.1, 0.15) is 18.1 Å². The third-order valence-corrected chi connectivity index (χ3v) is 4.22. The summed E-state index contributed by atoms with van der Waals surface area (Å²) in [5.41, 5.74) is 6.42. The summed E-state index contributed by atoms with van der Waals surface area (Å²) in [4.78, 5) is 28.7. The predicted molar refractivity (Wildman–Crippen MR) is 109 cm³/mol. The first-order valence-corrected chi connectivity index (χ1v) is 9.44. The number of hydrogen-bond acceptors (Lipinski definition) is 6. The third-order valence-electron chi connectivity index (χ3n) is 4.22. The Hall–Kier alpha value is -3.81. The molecule has 2 N–H and O–H groups in total. The highest BCUT2D eigenvalue weighted by molar-refractivity contribution is 5.99. The van der Waals surface area contributed by atoms with E-state index in [1.165, 1.54) is 0 Å². The number of nitrogens with one attached hydrogen (secondary N) is 2. The lowest BCUT2D eigenvalue weighted by Gasteiger charge is -2.14. The Morgan fingerprint density at radius 2 is 1.70 bits per heavy atom. The van der Waals surface area contributed by atoms with Crippen molar-refractivity contribution < 1.29 is 23.5 Å². The van der Waals surface area contributed by atoms with E-state index in [0.717, 1.165) is 5.56 Å². The Morgan fingerprint density at radius 3 is 2.37 bits per heavy atom. The van der Waals surface area contributed by atoms with Crippen LogP contribution < -0.4 is 20.3 Å². The van der Waals surface area contributed by atoms with Crippen molar-refractivity contribution in [2.24, 2.45) is 0 Å². The Balaban J connectivity index is 1.66. The van der Waals surface area contributed by atoms with E-state index in [0.29, 0.717) is 47.4 Å². The lowest BCUT2D eigenvalue weighted by Crippen LogP contribution is -2.41. The number of carbonyl (C=O) groups excluding carboxylic acids is 2. The van der Waals surface area contributed by atoms with Gasteiger partial charge in [0.25, 0.3) is 11.8 Å². The number of hydrazine groups is 1. The summed E-state index contributed by atoms with van der Waals surface area (Å²) >= 11 is 0. The molecule has 0 aliphatic rings. The standard InChI is InChI=1S/C22H23N3O5/c1-4-28-20-12-17(5-6-19(20)29-13-16-7-9-23-10-8-16)21(26)24-25-22(27)18-11-14(2)30-15(18)3/h5-12H,4,13H2,1-3H3,(H,24,26)(H,25,27). The summed E-state index contributed by atoms with van der Waals surface area (Å²) in [7, 11) is 0. The number of amides is 2. The van der Waals surface area contributed by atoms with Crippen LogP contribution in [-0.2, 0) is 6.61 Å². The molecule has 0 saturated heterocycles. The second kappa shape index (κ2) is 9.60. The fraction of sp³-hybridized carbons (Fsp3) is 0.227. The number of rotatable bonds is 7. The number of benzene rings is 1. The first kappa shape index (κ1) is 20.9. The van der Waals surface area contributed by atoms with E-state index in [2.05, 4.69) is 15.8 Å². The van der Waals surface area contributed by atoms with Crippen molar-refractivity contribution in [3.63, 3.8) is 0 Å². The molecule has 0 aliphatic carbocycles. The van der Waals surface area contributed by atoms with Gasteiger partial charge in [-0.05, 0) is 62.7 Å². The molecule has 3 rings (SSSR count). The van der Waals surface area contributed by atoms with E-state index in [4.69, 9.17) is 13.9 Å². The zero-order chi connectivity index (χ0) is 21.5. The minimum Gasteiger partial charge on any atom is -0.490 e.